The maximum Gasteiger partial charge on any atom is 0.218 e. The van der Waals surface area contributed by atoms with Crippen LogP contribution in [0.1, 0.15) is 57.7 Å². The summed E-state index contributed by atoms with van der Waals surface area (Å²) in [6.07, 6.45) is 2.25. The summed E-state index contributed by atoms with van der Waals surface area (Å²) in [7, 11) is -1.94. The molecule has 0 radical (unpaired) electrons. The Kier molecular flexibility index (Phi) is 3.71. The molecule has 2 heteroatoms. The van der Waals surface area contributed by atoms with Crippen LogP contribution in [-0.4, -0.2) is 7.38 Å². The lowest BCUT2D eigenvalue weighted by Gasteiger charge is -2.15. The number of fused-ring (bicyclic) bond motifs is 5. The lowest BCUT2D eigenvalue weighted by molar-refractivity contribution is 0.896. The Bertz CT molecular complexity index is 1070. The molecule has 0 amide bonds. The molecule has 2 aromatic rings. The van der Waals surface area contributed by atoms with Gasteiger partial charge in [0.2, 0.25) is 7.38 Å². The number of hydrogen-bond acceptors (Lipinski definition) is 0. The summed E-state index contributed by atoms with van der Waals surface area (Å²) in [5, 5.41) is 3.16. The van der Waals surface area contributed by atoms with E-state index in [9.17, 15) is 0 Å². The van der Waals surface area contributed by atoms with Gasteiger partial charge in [-0.1, -0.05) is 50.1 Å². The molecule has 1 heterocycles. The van der Waals surface area contributed by atoms with Gasteiger partial charge < -0.3 is 0 Å². The normalized spacial score (nSPS) is 25.0. The molecule has 2 aromatic carbocycles. The van der Waals surface area contributed by atoms with Gasteiger partial charge in [-0.05, 0) is 94.2 Å². The number of hydrogen-bond donors (Lipinski definition) is 0. The van der Waals surface area contributed by atoms with E-state index in [1.807, 2.05) is 0 Å². The summed E-state index contributed by atoms with van der Waals surface area (Å²) in [5.41, 5.74) is 13.4. The van der Waals surface area contributed by atoms with Crippen LogP contribution < -0.4 is 10.4 Å². The van der Waals surface area contributed by atoms with Crippen LogP contribution in [0.2, 0.25) is 6.04 Å². The second-order valence-corrected chi connectivity index (χ2v) is 13.7. The van der Waals surface area contributed by atoms with Crippen molar-refractivity contribution in [2.45, 2.75) is 53.5 Å². The molecule has 0 bridgehead atoms. The molecule has 2 aliphatic carbocycles. The zero-order chi connectivity index (χ0) is 19.1. The Balaban J connectivity index is 1.77. The highest BCUT2D eigenvalue weighted by atomic mass is 35.6. The third-order valence-corrected chi connectivity index (χ3v) is 12.7. The predicted octanol–water partition coefficient (Wildman–Crippen LogP) is 6.04. The summed E-state index contributed by atoms with van der Waals surface area (Å²) in [5.74, 6) is 0.501. The van der Waals surface area contributed by atoms with Crippen LogP contribution in [0.25, 0.3) is 16.7 Å². The molecule has 0 saturated heterocycles. The highest BCUT2D eigenvalue weighted by Gasteiger charge is 2.56. The van der Waals surface area contributed by atoms with Crippen molar-refractivity contribution in [1.29, 1.82) is 0 Å². The van der Waals surface area contributed by atoms with E-state index in [4.69, 9.17) is 11.1 Å². The van der Waals surface area contributed by atoms with Gasteiger partial charge in [0, 0.05) is 5.92 Å². The first-order valence-electron chi connectivity index (χ1n) is 10.3. The third kappa shape index (κ3) is 2.16. The summed E-state index contributed by atoms with van der Waals surface area (Å²) in [6.45, 7) is 11.5. The van der Waals surface area contributed by atoms with E-state index in [-0.39, 0.29) is 0 Å². The van der Waals surface area contributed by atoms with E-state index in [1.54, 1.807) is 21.5 Å². The monoisotopic (exact) mass is 390 g/mol. The van der Waals surface area contributed by atoms with Gasteiger partial charge >= 0.3 is 0 Å². The van der Waals surface area contributed by atoms with E-state index >= 15 is 0 Å². The van der Waals surface area contributed by atoms with E-state index < -0.39 is 7.38 Å². The largest absolute Gasteiger partial charge is 0.218 e. The summed E-state index contributed by atoms with van der Waals surface area (Å²) in [4.78, 5) is 0. The van der Waals surface area contributed by atoms with Gasteiger partial charge in [-0.2, -0.15) is 11.1 Å². The van der Waals surface area contributed by atoms with Crippen LogP contribution in [0.3, 0.4) is 0 Å². The number of benzene rings is 2. The quantitative estimate of drug-likeness (QED) is 0.377. The molecular formula is C25H27ClSi. The summed E-state index contributed by atoms with van der Waals surface area (Å²) < 4.78 is 0. The molecule has 3 aliphatic rings. The van der Waals surface area contributed by atoms with Crippen molar-refractivity contribution in [3.63, 3.8) is 0 Å². The summed E-state index contributed by atoms with van der Waals surface area (Å²) >= 11 is 7.42. The molecule has 2 unspecified atom stereocenters. The van der Waals surface area contributed by atoms with Gasteiger partial charge in [0.05, 0.1) is 0 Å². The molecule has 27 heavy (non-hydrogen) atoms. The fraction of sp³-hybridized carbons (Fsp3) is 0.360. The van der Waals surface area contributed by atoms with E-state index in [0.717, 1.165) is 6.42 Å². The first kappa shape index (κ1) is 17.5. The van der Waals surface area contributed by atoms with Gasteiger partial charge in [-0.25, -0.2) is 0 Å². The SMILES string of the molecule is CCC[Si]1(Cl)c2c(C3=C(C)C(C)=C(C)C3C)cc3c(c21)Cc1ccccc1-3. The maximum absolute atomic E-state index is 7.42. The second kappa shape index (κ2) is 5.72. The second-order valence-electron chi connectivity index (χ2n) is 8.65. The molecule has 0 spiro atoms. The van der Waals surface area contributed by atoms with Gasteiger partial charge in [-0.15, -0.1) is 0 Å². The smallest absolute Gasteiger partial charge is 0.155 e. The minimum absolute atomic E-state index is 0.501. The molecule has 138 valence electrons. The van der Waals surface area contributed by atoms with Gasteiger partial charge in [0.15, 0.2) is 0 Å². The van der Waals surface area contributed by atoms with E-state index in [1.165, 1.54) is 51.4 Å². The van der Waals surface area contributed by atoms with E-state index in [0.29, 0.717) is 5.92 Å². The van der Waals surface area contributed by atoms with Gasteiger partial charge in [0.1, 0.15) is 0 Å². The maximum atomic E-state index is 7.42. The lowest BCUT2D eigenvalue weighted by Crippen LogP contribution is -2.22. The van der Waals surface area contributed by atoms with Crippen molar-refractivity contribution >= 4 is 34.4 Å². The van der Waals surface area contributed by atoms with Crippen LogP contribution >= 0.6 is 11.1 Å². The molecule has 0 fully saturated rings. The average Bonchev–Trinajstić information content (AvgIpc) is 3.01. The fourth-order valence-electron chi connectivity index (χ4n) is 5.63. The zero-order valence-electron chi connectivity index (χ0n) is 17.0. The number of halogens is 1. The molecule has 0 aromatic heterocycles. The minimum atomic E-state index is -1.94. The van der Waals surface area contributed by atoms with Crippen LogP contribution in [0.4, 0.5) is 0 Å². The van der Waals surface area contributed by atoms with Crippen molar-refractivity contribution in [3.8, 4) is 11.1 Å². The van der Waals surface area contributed by atoms with Crippen LogP contribution in [0, 0.1) is 5.92 Å². The highest BCUT2D eigenvalue weighted by Crippen LogP contribution is 2.48. The Morgan fingerprint density at radius 3 is 2.41 bits per heavy atom. The molecule has 2 atom stereocenters. The number of allylic oxidation sites excluding steroid dienone is 4. The predicted molar refractivity (Wildman–Crippen MR) is 121 cm³/mol. The molecule has 0 N–H and O–H groups in total. The molecular weight excluding hydrogens is 364 g/mol. The molecule has 5 rings (SSSR count). The Labute approximate surface area is 168 Å². The third-order valence-electron chi connectivity index (χ3n) is 7.36. The number of rotatable bonds is 3. The van der Waals surface area contributed by atoms with Crippen LogP contribution in [-0.2, 0) is 6.42 Å². The van der Waals surface area contributed by atoms with Crippen LogP contribution in [0.5, 0.6) is 0 Å². The van der Waals surface area contributed by atoms with Crippen molar-refractivity contribution in [2.75, 3.05) is 0 Å². The first-order valence-corrected chi connectivity index (χ1v) is 13.5. The topological polar surface area (TPSA) is 0 Å². The Morgan fingerprint density at radius 1 is 1.00 bits per heavy atom. The minimum Gasteiger partial charge on any atom is -0.155 e. The molecule has 0 saturated carbocycles. The van der Waals surface area contributed by atoms with Crippen molar-refractivity contribution in [2.24, 2.45) is 5.92 Å². The zero-order valence-corrected chi connectivity index (χ0v) is 18.7. The van der Waals surface area contributed by atoms with Crippen molar-refractivity contribution in [3.05, 3.63) is 63.7 Å². The highest BCUT2D eigenvalue weighted by molar-refractivity contribution is 7.44. The van der Waals surface area contributed by atoms with Crippen molar-refractivity contribution < 1.29 is 0 Å². The molecule has 0 nitrogen and oxygen atoms in total. The molecule has 1 aliphatic heterocycles. The van der Waals surface area contributed by atoms with Gasteiger partial charge in [-0.3, -0.25) is 0 Å². The average molecular weight is 391 g/mol. The fourth-order valence-corrected chi connectivity index (χ4v) is 11.4. The standard InChI is InChI=1S/C25H27ClSi/c1-6-11-27(26)24-21-12-18-9-7-8-10-19(18)20(21)13-22(25(24)27)23-16(4)14(2)15(3)17(23)5/h7-10,13,16H,6,11-12H2,1-5H3. The Hall–Kier alpha value is -1.57. The first-order chi connectivity index (χ1) is 12.9. The van der Waals surface area contributed by atoms with Crippen molar-refractivity contribution in [1.82, 2.24) is 0 Å². The summed E-state index contributed by atoms with van der Waals surface area (Å²) in [6, 6.07) is 12.6. The van der Waals surface area contributed by atoms with Gasteiger partial charge in [0.25, 0.3) is 0 Å². The lowest BCUT2D eigenvalue weighted by atomic mass is 9.89. The van der Waals surface area contributed by atoms with E-state index in [2.05, 4.69) is 65.0 Å². The Morgan fingerprint density at radius 2 is 1.74 bits per heavy atom. The van der Waals surface area contributed by atoms with Crippen LogP contribution in [0.15, 0.2) is 47.1 Å².